The highest BCUT2D eigenvalue weighted by atomic mass is 19.4. The van der Waals surface area contributed by atoms with Crippen LogP contribution in [0.3, 0.4) is 0 Å². The van der Waals surface area contributed by atoms with Gasteiger partial charge < -0.3 is 0 Å². The predicted molar refractivity (Wildman–Crippen MR) is 62.1 cm³/mol. The van der Waals surface area contributed by atoms with Gasteiger partial charge in [0.2, 0.25) is 0 Å². The maximum absolute atomic E-state index is 13.3. The lowest BCUT2D eigenvalue weighted by atomic mass is 10.1. The first-order valence-corrected chi connectivity index (χ1v) is 5.84. The third-order valence-corrected chi connectivity index (χ3v) is 3.22. The smallest absolute Gasteiger partial charge is 0.290 e. The molecule has 0 bridgehead atoms. The number of rotatable bonds is 1. The van der Waals surface area contributed by atoms with E-state index in [0.717, 1.165) is 4.57 Å². The summed E-state index contributed by atoms with van der Waals surface area (Å²) >= 11 is 0. The molecule has 8 heteroatoms. The zero-order chi connectivity index (χ0) is 14.7. The highest BCUT2D eigenvalue weighted by Crippen LogP contribution is 2.39. The van der Waals surface area contributed by atoms with Crippen LogP contribution in [0.2, 0.25) is 0 Å². The van der Waals surface area contributed by atoms with Crippen molar-refractivity contribution < 1.29 is 17.6 Å². The van der Waals surface area contributed by atoms with Crippen molar-refractivity contribution in [3.8, 4) is 0 Å². The molecule has 0 spiro atoms. The molecule has 0 saturated heterocycles. The van der Waals surface area contributed by atoms with Crippen LogP contribution in [0.15, 0.2) is 21.7 Å². The number of aromatic amines is 1. The highest BCUT2D eigenvalue weighted by Gasteiger charge is 2.37. The Hall–Kier alpha value is -2.12. The van der Waals surface area contributed by atoms with Crippen molar-refractivity contribution in [1.82, 2.24) is 9.55 Å². The number of aromatic nitrogens is 2. The number of hydrogen-bond acceptors (Lipinski definition) is 2. The number of halogens is 4. The van der Waals surface area contributed by atoms with E-state index in [-0.39, 0.29) is 6.04 Å². The van der Waals surface area contributed by atoms with Crippen molar-refractivity contribution in [2.45, 2.75) is 25.1 Å². The summed E-state index contributed by atoms with van der Waals surface area (Å²) < 4.78 is 53.3. The second-order valence-electron chi connectivity index (χ2n) is 4.71. The average molecular weight is 288 g/mol. The van der Waals surface area contributed by atoms with Crippen LogP contribution in [0.5, 0.6) is 0 Å². The van der Waals surface area contributed by atoms with Crippen molar-refractivity contribution >= 4 is 10.9 Å². The average Bonchev–Trinajstić information content (AvgIpc) is 3.12. The zero-order valence-electron chi connectivity index (χ0n) is 9.92. The van der Waals surface area contributed by atoms with Gasteiger partial charge in [-0.25, -0.2) is 9.18 Å². The molecular weight excluding hydrogens is 280 g/mol. The topological polar surface area (TPSA) is 54.9 Å². The molecule has 4 nitrogen and oxygen atoms in total. The highest BCUT2D eigenvalue weighted by molar-refractivity contribution is 5.82. The summed E-state index contributed by atoms with van der Waals surface area (Å²) in [6.07, 6.45) is -3.75. The standard InChI is InChI=1S/C12H8F4N2O2/c13-5-3-7-9(8(4-5)12(14,15)16)18(6-1-2-6)11(20)17-10(7)19/h3-4,6H,1-2H2,(H,17,19,20). The number of fused-ring (bicyclic) bond motifs is 1. The van der Waals surface area contributed by atoms with Gasteiger partial charge in [-0.3, -0.25) is 14.3 Å². The predicted octanol–water partition coefficient (Wildman–Crippen LogP) is 2.18. The fourth-order valence-electron chi connectivity index (χ4n) is 2.26. The number of nitrogens with one attached hydrogen (secondary N) is 1. The Labute approximate surface area is 108 Å². The summed E-state index contributed by atoms with van der Waals surface area (Å²) in [5.74, 6) is -1.17. The van der Waals surface area contributed by atoms with Crippen molar-refractivity contribution in [3.05, 3.63) is 44.4 Å². The maximum Gasteiger partial charge on any atom is 0.418 e. The molecule has 1 aliphatic rings. The lowest BCUT2D eigenvalue weighted by Crippen LogP contribution is -2.31. The van der Waals surface area contributed by atoms with Crippen molar-refractivity contribution in [3.63, 3.8) is 0 Å². The molecule has 1 aliphatic carbocycles. The molecule has 1 saturated carbocycles. The minimum Gasteiger partial charge on any atom is -0.290 e. The van der Waals surface area contributed by atoms with Crippen LogP contribution in [-0.2, 0) is 6.18 Å². The van der Waals surface area contributed by atoms with Gasteiger partial charge in [0.15, 0.2) is 0 Å². The molecule has 1 heterocycles. The second-order valence-corrected chi connectivity index (χ2v) is 4.71. The molecular formula is C12H8F4N2O2. The first kappa shape index (κ1) is 12.9. The molecule has 20 heavy (non-hydrogen) atoms. The van der Waals surface area contributed by atoms with E-state index in [4.69, 9.17) is 0 Å². The number of benzene rings is 1. The molecule has 0 aliphatic heterocycles. The molecule has 106 valence electrons. The van der Waals surface area contributed by atoms with Gasteiger partial charge in [0.25, 0.3) is 5.56 Å². The largest absolute Gasteiger partial charge is 0.418 e. The summed E-state index contributed by atoms with van der Waals surface area (Å²) in [5.41, 5.74) is -3.77. The van der Waals surface area contributed by atoms with E-state index >= 15 is 0 Å². The Morgan fingerprint density at radius 3 is 2.40 bits per heavy atom. The summed E-state index contributed by atoms with van der Waals surface area (Å²) in [7, 11) is 0. The molecule has 1 N–H and O–H groups in total. The fourth-order valence-corrected chi connectivity index (χ4v) is 2.26. The number of hydrogen-bond donors (Lipinski definition) is 1. The van der Waals surface area contributed by atoms with E-state index in [1.807, 2.05) is 4.98 Å². The first-order valence-electron chi connectivity index (χ1n) is 5.84. The van der Waals surface area contributed by atoms with Crippen molar-refractivity contribution in [2.75, 3.05) is 0 Å². The van der Waals surface area contributed by atoms with E-state index in [9.17, 15) is 27.2 Å². The van der Waals surface area contributed by atoms with Crippen LogP contribution in [0, 0.1) is 5.82 Å². The van der Waals surface area contributed by atoms with E-state index in [1.165, 1.54) is 0 Å². The van der Waals surface area contributed by atoms with Crippen LogP contribution >= 0.6 is 0 Å². The fraction of sp³-hybridized carbons (Fsp3) is 0.333. The van der Waals surface area contributed by atoms with Crippen LogP contribution in [0.25, 0.3) is 10.9 Å². The number of nitrogens with zero attached hydrogens (tertiary/aromatic N) is 1. The molecule has 0 amide bonds. The molecule has 0 unspecified atom stereocenters. The monoisotopic (exact) mass is 288 g/mol. The summed E-state index contributed by atoms with van der Waals surface area (Å²) in [6.45, 7) is 0. The molecule has 1 aromatic carbocycles. The van der Waals surface area contributed by atoms with Gasteiger partial charge in [0, 0.05) is 6.04 Å². The Kier molecular flexibility index (Phi) is 2.54. The summed E-state index contributed by atoms with van der Waals surface area (Å²) in [6, 6.07) is 0.635. The SMILES string of the molecule is O=c1[nH]c(=O)n(C2CC2)c2c(C(F)(F)F)cc(F)cc12. The van der Waals surface area contributed by atoms with E-state index < -0.39 is 39.7 Å². The van der Waals surface area contributed by atoms with Gasteiger partial charge >= 0.3 is 11.9 Å². The van der Waals surface area contributed by atoms with Gasteiger partial charge in [-0.15, -0.1) is 0 Å². The number of alkyl halides is 3. The minimum absolute atomic E-state index is 0.306. The van der Waals surface area contributed by atoms with Crippen LogP contribution in [0.4, 0.5) is 17.6 Å². The van der Waals surface area contributed by atoms with E-state index in [1.54, 1.807) is 0 Å². The molecule has 3 rings (SSSR count). The zero-order valence-corrected chi connectivity index (χ0v) is 9.92. The van der Waals surface area contributed by atoms with Gasteiger partial charge in [0.05, 0.1) is 16.5 Å². The quantitative estimate of drug-likeness (QED) is 0.818. The lowest BCUT2D eigenvalue weighted by Gasteiger charge is -2.15. The summed E-state index contributed by atoms with van der Waals surface area (Å²) in [4.78, 5) is 25.3. The van der Waals surface area contributed by atoms with E-state index in [0.29, 0.717) is 25.0 Å². The van der Waals surface area contributed by atoms with Crippen LogP contribution < -0.4 is 11.2 Å². The summed E-state index contributed by atoms with van der Waals surface area (Å²) in [5, 5.41) is -0.469. The molecule has 0 radical (unpaired) electrons. The normalized spacial score (nSPS) is 15.8. The second kappa shape index (κ2) is 3.94. The minimum atomic E-state index is -4.85. The first-order chi connectivity index (χ1) is 9.29. The maximum atomic E-state index is 13.3. The molecule has 0 atom stereocenters. The third kappa shape index (κ3) is 1.91. The van der Waals surface area contributed by atoms with E-state index in [2.05, 4.69) is 0 Å². The Morgan fingerprint density at radius 2 is 1.85 bits per heavy atom. The lowest BCUT2D eigenvalue weighted by molar-refractivity contribution is -0.136. The third-order valence-electron chi connectivity index (χ3n) is 3.22. The van der Waals surface area contributed by atoms with Gasteiger partial charge in [-0.1, -0.05) is 0 Å². The molecule has 2 aromatic rings. The van der Waals surface area contributed by atoms with Crippen molar-refractivity contribution in [1.29, 1.82) is 0 Å². The Bertz CT molecular complexity index is 815. The Balaban J connectivity index is 2.56. The van der Waals surface area contributed by atoms with Gasteiger partial charge in [-0.05, 0) is 25.0 Å². The Morgan fingerprint density at radius 1 is 1.20 bits per heavy atom. The number of H-pyrrole nitrogens is 1. The van der Waals surface area contributed by atoms with Crippen molar-refractivity contribution in [2.24, 2.45) is 0 Å². The van der Waals surface area contributed by atoms with Gasteiger partial charge in [-0.2, -0.15) is 13.2 Å². The van der Waals surface area contributed by atoms with Crippen LogP contribution in [-0.4, -0.2) is 9.55 Å². The molecule has 1 fully saturated rings. The van der Waals surface area contributed by atoms with Gasteiger partial charge in [0.1, 0.15) is 5.82 Å². The molecule has 1 aromatic heterocycles. The van der Waals surface area contributed by atoms with Crippen LogP contribution in [0.1, 0.15) is 24.4 Å².